The van der Waals surface area contributed by atoms with E-state index in [1.165, 1.54) is 0 Å². The molecule has 0 radical (unpaired) electrons. The van der Waals surface area contributed by atoms with Crippen LogP contribution in [0.4, 0.5) is 10.5 Å². The largest absolute Gasteiger partial charge is 0.334 e. The Hall–Kier alpha value is -2.07. The number of benzene rings is 1. The van der Waals surface area contributed by atoms with Gasteiger partial charge in [-0.25, -0.2) is 4.79 Å². The van der Waals surface area contributed by atoms with Gasteiger partial charge < -0.3 is 11.1 Å². The summed E-state index contributed by atoms with van der Waals surface area (Å²) in [6, 6.07) is 7.60. The fourth-order valence-electron chi connectivity index (χ4n) is 2.68. The zero-order chi connectivity index (χ0) is 13.5. The predicted octanol–water partition coefficient (Wildman–Crippen LogP) is 1.93. The smallest absolute Gasteiger partial charge is 0.322 e. The van der Waals surface area contributed by atoms with Crippen LogP contribution >= 0.6 is 0 Å². The first-order valence-electron chi connectivity index (χ1n) is 6.40. The fraction of sp³-hybridized carbons (Fsp3) is 0.267. The minimum Gasteiger partial charge on any atom is -0.334 e. The standard InChI is InChI=1S/C15H17N3O/c1-15(9-5-4-8-13(15)16)18-12-7-3-2-6-11(12)10-17-14(18)19/h2-9,13H,10,16H2,1H3,(H,17,19). The lowest BCUT2D eigenvalue weighted by Crippen LogP contribution is -2.63. The van der Waals surface area contributed by atoms with E-state index in [1.807, 2.05) is 55.5 Å². The van der Waals surface area contributed by atoms with Gasteiger partial charge in [0.2, 0.25) is 0 Å². The zero-order valence-corrected chi connectivity index (χ0v) is 10.8. The van der Waals surface area contributed by atoms with E-state index in [2.05, 4.69) is 5.32 Å². The number of carbonyl (C=O) groups is 1. The minimum absolute atomic E-state index is 0.100. The van der Waals surface area contributed by atoms with Crippen molar-refractivity contribution in [3.63, 3.8) is 0 Å². The Labute approximate surface area is 112 Å². The molecule has 1 aromatic rings. The summed E-state index contributed by atoms with van der Waals surface area (Å²) in [5.41, 5.74) is 7.70. The Morgan fingerprint density at radius 2 is 2.16 bits per heavy atom. The van der Waals surface area contributed by atoms with Crippen LogP contribution in [0.15, 0.2) is 48.6 Å². The first kappa shape index (κ1) is 12.0. The van der Waals surface area contributed by atoms with Gasteiger partial charge >= 0.3 is 6.03 Å². The van der Waals surface area contributed by atoms with Crippen LogP contribution in [0.3, 0.4) is 0 Å². The molecule has 2 aliphatic rings. The highest BCUT2D eigenvalue weighted by molar-refractivity contribution is 5.97. The molecule has 0 saturated heterocycles. The molecule has 0 fully saturated rings. The first-order valence-corrected chi connectivity index (χ1v) is 6.40. The van der Waals surface area contributed by atoms with E-state index >= 15 is 0 Å². The quantitative estimate of drug-likeness (QED) is 0.805. The monoisotopic (exact) mass is 255 g/mol. The molecule has 4 heteroatoms. The highest BCUT2D eigenvalue weighted by Crippen LogP contribution is 2.34. The lowest BCUT2D eigenvalue weighted by atomic mass is 9.85. The summed E-state index contributed by atoms with van der Waals surface area (Å²) in [7, 11) is 0. The third kappa shape index (κ3) is 1.76. The number of fused-ring (bicyclic) bond motifs is 1. The highest BCUT2D eigenvalue weighted by atomic mass is 16.2. The first-order chi connectivity index (χ1) is 9.13. The van der Waals surface area contributed by atoms with Gasteiger partial charge in [-0.05, 0) is 18.6 Å². The Bertz CT molecular complexity index is 579. The van der Waals surface area contributed by atoms with E-state index < -0.39 is 5.54 Å². The summed E-state index contributed by atoms with van der Waals surface area (Å²) in [6.07, 6.45) is 7.76. The molecule has 1 aliphatic carbocycles. The number of nitrogens with one attached hydrogen (secondary N) is 1. The lowest BCUT2D eigenvalue weighted by Gasteiger charge is -2.45. The third-order valence-electron chi connectivity index (χ3n) is 3.89. The molecule has 3 N–H and O–H groups in total. The number of nitrogens with zero attached hydrogens (tertiary/aromatic N) is 1. The van der Waals surface area contributed by atoms with Crippen LogP contribution in [0.2, 0.25) is 0 Å². The average molecular weight is 255 g/mol. The van der Waals surface area contributed by atoms with Gasteiger partial charge in [0.25, 0.3) is 0 Å². The van der Waals surface area contributed by atoms with Gasteiger partial charge in [-0.2, -0.15) is 0 Å². The van der Waals surface area contributed by atoms with Gasteiger partial charge in [-0.1, -0.05) is 42.5 Å². The van der Waals surface area contributed by atoms with Crippen LogP contribution in [-0.2, 0) is 6.54 Å². The number of carbonyl (C=O) groups excluding carboxylic acids is 1. The molecule has 2 atom stereocenters. The Morgan fingerprint density at radius 1 is 1.37 bits per heavy atom. The van der Waals surface area contributed by atoms with Crippen molar-refractivity contribution in [3.8, 4) is 0 Å². The van der Waals surface area contributed by atoms with Crippen LogP contribution in [0, 0.1) is 0 Å². The van der Waals surface area contributed by atoms with E-state index in [9.17, 15) is 4.79 Å². The summed E-state index contributed by atoms with van der Waals surface area (Å²) < 4.78 is 0. The third-order valence-corrected chi connectivity index (χ3v) is 3.89. The molecule has 1 heterocycles. The second kappa shape index (κ2) is 4.24. The number of para-hydroxylation sites is 1. The van der Waals surface area contributed by atoms with E-state index in [-0.39, 0.29) is 12.1 Å². The number of allylic oxidation sites excluding steroid dienone is 2. The predicted molar refractivity (Wildman–Crippen MR) is 75.8 cm³/mol. The van der Waals surface area contributed by atoms with Crippen molar-refractivity contribution in [1.29, 1.82) is 0 Å². The van der Waals surface area contributed by atoms with Crippen molar-refractivity contribution in [3.05, 3.63) is 54.1 Å². The highest BCUT2D eigenvalue weighted by Gasteiger charge is 2.41. The van der Waals surface area contributed by atoms with Crippen LogP contribution in [-0.4, -0.2) is 17.6 Å². The molecule has 19 heavy (non-hydrogen) atoms. The topological polar surface area (TPSA) is 58.4 Å². The number of hydrogen-bond donors (Lipinski definition) is 2. The molecule has 1 aromatic carbocycles. The number of urea groups is 1. The maximum absolute atomic E-state index is 12.3. The maximum atomic E-state index is 12.3. The molecular weight excluding hydrogens is 238 g/mol. The Balaban J connectivity index is 2.11. The van der Waals surface area contributed by atoms with Crippen LogP contribution in [0.25, 0.3) is 0 Å². The van der Waals surface area contributed by atoms with Gasteiger partial charge in [-0.15, -0.1) is 0 Å². The van der Waals surface area contributed by atoms with E-state index in [4.69, 9.17) is 5.73 Å². The van der Waals surface area contributed by atoms with Crippen molar-refractivity contribution in [2.45, 2.75) is 25.0 Å². The maximum Gasteiger partial charge on any atom is 0.322 e. The van der Waals surface area contributed by atoms with Gasteiger partial charge in [0.15, 0.2) is 0 Å². The molecule has 2 amide bonds. The van der Waals surface area contributed by atoms with Gasteiger partial charge in [0, 0.05) is 6.54 Å². The van der Waals surface area contributed by atoms with Crippen LogP contribution in [0.1, 0.15) is 12.5 Å². The molecule has 0 aromatic heterocycles. The van der Waals surface area contributed by atoms with Crippen molar-refractivity contribution >= 4 is 11.7 Å². The molecule has 1 aliphatic heterocycles. The summed E-state index contributed by atoms with van der Waals surface area (Å²) in [6.45, 7) is 2.55. The molecule has 0 spiro atoms. The normalized spacial score (nSPS) is 29.1. The number of amides is 2. The van der Waals surface area contributed by atoms with Crippen LogP contribution < -0.4 is 16.0 Å². The summed E-state index contributed by atoms with van der Waals surface area (Å²) in [4.78, 5) is 14.1. The number of anilines is 1. The van der Waals surface area contributed by atoms with Crippen LogP contribution in [0.5, 0.6) is 0 Å². The lowest BCUT2D eigenvalue weighted by molar-refractivity contribution is 0.238. The van der Waals surface area contributed by atoms with Crippen molar-refractivity contribution < 1.29 is 4.79 Å². The van der Waals surface area contributed by atoms with E-state index in [0.29, 0.717) is 6.54 Å². The van der Waals surface area contributed by atoms with Crippen molar-refractivity contribution in [2.75, 3.05) is 4.90 Å². The molecular formula is C15H17N3O. The van der Waals surface area contributed by atoms with Gasteiger partial charge in [0.1, 0.15) is 0 Å². The van der Waals surface area contributed by atoms with Crippen molar-refractivity contribution in [1.82, 2.24) is 5.32 Å². The van der Waals surface area contributed by atoms with Gasteiger partial charge in [0.05, 0.1) is 17.3 Å². The SMILES string of the molecule is CC1(N2C(=O)NCc3ccccc32)C=CC=CC1N. The summed E-state index contributed by atoms with van der Waals surface area (Å²) in [5, 5.41) is 2.90. The summed E-state index contributed by atoms with van der Waals surface area (Å²) in [5.74, 6) is 0. The zero-order valence-electron chi connectivity index (χ0n) is 10.8. The molecule has 98 valence electrons. The average Bonchev–Trinajstić information content (AvgIpc) is 2.42. The minimum atomic E-state index is -0.546. The summed E-state index contributed by atoms with van der Waals surface area (Å²) >= 11 is 0. The number of nitrogens with two attached hydrogens (primary N) is 1. The molecule has 2 unspecified atom stereocenters. The number of hydrogen-bond acceptors (Lipinski definition) is 2. The fourth-order valence-corrected chi connectivity index (χ4v) is 2.68. The van der Waals surface area contributed by atoms with E-state index in [0.717, 1.165) is 11.3 Å². The second-order valence-corrected chi connectivity index (χ2v) is 5.12. The second-order valence-electron chi connectivity index (χ2n) is 5.12. The molecule has 0 bridgehead atoms. The Morgan fingerprint density at radius 3 is 2.95 bits per heavy atom. The molecule has 3 rings (SSSR count). The molecule has 4 nitrogen and oxygen atoms in total. The van der Waals surface area contributed by atoms with E-state index in [1.54, 1.807) is 4.90 Å². The Kier molecular flexibility index (Phi) is 2.68. The number of rotatable bonds is 1. The van der Waals surface area contributed by atoms with Gasteiger partial charge in [-0.3, -0.25) is 4.90 Å². The van der Waals surface area contributed by atoms with Crippen molar-refractivity contribution in [2.24, 2.45) is 5.73 Å². The molecule has 0 saturated carbocycles.